The molecule has 2 aromatic carbocycles. The minimum atomic E-state index is -1.22. The predicted octanol–water partition coefficient (Wildman–Crippen LogP) is 0.845. The maximum absolute atomic E-state index is 11.5. The molecule has 1 aliphatic heterocycles. The lowest BCUT2D eigenvalue weighted by Crippen LogP contribution is -2.89. The predicted molar refractivity (Wildman–Crippen MR) is 98.9 cm³/mol. The van der Waals surface area contributed by atoms with Crippen molar-refractivity contribution in [1.82, 2.24) is 0 Å². The SMILES string of the molecule is O=c1oc2ccccc2c([O-])c1[N+](=O)[O-].c1ccc(N2CC[NH2+]CC2)cc1. The summed E-state index contributed by atoms with van der Waals surface area (Å²) in [7, 11) is 0. The second kappa shape index (κ2) is 8.33. The van der Waals surface area contributed by atoms with Crippen molar-refractivity contribution in [2.24, 2.45) is 0 Å². The van der Waals surface area contributed by atoms with Crippen molar-refractivity contribution in [3.63, 3.8) is 0 Å². The fraction of sp³-hybridized carbons (Fsp3) is 0.211. The van der Waals surface area contributed by atoms with Crippen LogP contribution in [0.5, 0.6) is 5.75 Å². The molecule has 0 amide bonds. The smallest absolute Gasteiger partial charge is 0.414 e. The summed E-state index contributed by atoms with van der Waals surface area (Å²) in [5.74, 6) is -0.910. The first kappa shape index (κ1) is 18.4. The molecule has 4 rings (SSSR count). The van der Waals surface area contributed by atoms with E-state index in [4.69, 9.17) is 0 Å². The van der Waals surface area contributed by atoms with Gasteiger partial charge in [-0.3, -0.25) is 10.1 Å². The van der Waals surface area contributed by atoms with Crippen molar-refractivity contribution in [2.45, 2.75) is 0 Å². The van der Waals surface area contributed by atoms with Crippen LogP contribution in [0.1, 0.15) is 0 Å². The van der Waals surface area contributed by atoms with Gasteiger partial charge in [0, 0.05) is 11.1 Å². The van der Waals surface area contributed by atoms with E-state index in [1.165, 1.54) is 50.1 Å². The zero-order valence-corrected chi connectivity index (χ0v) is 14.5. The van der Waals surface area contributed by atoms with Crippen LogP contribution in [0.25, 0.3) is 11.0 Å². The molecule has 2 N–H and O–H groups in total. The number of nitrogens with zero attached hydrogens (tertiary/aromatic N) is 2. The summed E-state index contributed by atoms with van der Waals surface area (Å²) in [6.07, 6.45) is 0. The molecule has 0 radical (unpaired) electrons. The van der Waals surface area contributed by atoms with Gasteiger partial charge in [-0.2, -0.15) is 0 Å². The van der Waals surface area contributed by atoms with Crippen LogP contribution in [0.4, 0.5) is 11.4 Å². The topological polar surface area (TPSA) is 116 Å². The molecule has 0 bridgehead atoms. The normalized spacial score (nSPS) is 13.7. The molecule has 1 aromatic heterocycles. The number of hydrogen-bond acceptors (Lipinski definition) is 6. The second-order valence-corrected chi connectivity index (χ2v) is 6.01. The molecule has 0 spiro atoms. The fourth-order valence-electron chi connectivity index (χ4n) is 2.92. The molecular formula is C19H19N3O5. The van der Waals surface area contributed by atoms with Crippen LogP contribution >= 0.6 is 0 Å². The number of nitrogens with two attached hydrogens (primary N) is 1. The summed E-state index contributed by atoms with van der Waals surface area (Å²) in [4.78, 5) is 22.9. The van der Waals surface area contributed by atoms with E-state index in [0.717, 1.165) is 0 Å². The van der Waals surface area contributed by atoms with Gasteiger partial charge in [0.05, 0.1) is 31.1 Å². The molecule has 140 valence electrons. The van der Waals surface area contributed by atoms with Crippen molar-refractivity contribution in [3.8, 4) is 5.75 Å². The van der Waals surface area contributed by atoms with E-state index in [-0.39, 0.29) is 11.0 Å². The first-order valence-electron chi connectivity index (χ1n) is 8.57. The minimum Gasteiger partial charge on any atom is -0.867 e. The Morgan fingerprint density at radius 3 is 2.30 bits per heavy atom. The molecule has 27 heavy (non-hydrogen) atoms. The van der Waals surface area contributed by atoms with Gasteiger partial charge in [-0.1, -0.05) is 36.4 Å². The fourth-order valence-corrected chi connectivity index (χ4v) is 2.92. The van der Waals surface area contributed by atoms with Crippen molar-refractivity contribution < 1.29 is 19.8 Å². The van der Waals surface area contributed by atoms with E-state index in [0.29, 0.717) is 0 Å². The number of para-hydroxylation sites is 2. The molecule has 8 nitrogen and oxygen atoms in total. The van der Waals surface area contributed by atoms with Crippen molar-refractivity contribution in [3.05, 3.63) is 75.1 Å². The van der Waals surface area contributed by atoms with Crippen LogP contribution in [-0.2, 0) is 0 Å². The summed E-state index contributed by atoms with van der Waals surface area (Å²) in [5.41, 5.74) is -0.846. The number of piperazine rings is 1. The number of benzene rings is 2. The number of nitro groups is 1. The molecule has 0 unspecified atom stereocenters. The summed E-state index contributed by atoms with van der Waals surface area (Å²) in [6, 6.07) is 16.5. The molecular weight excluding hydrogens is 350 g/mol. The summed E-state index contributed by atoms with van der Waals surface area (Å²) in [6.45, 7) is 4.83. The Morgan fingerprint density at radius 1 is 1.00 bits per heavy atom. The van der Waals surface area contributed by atoms with E-state index in [1.54, 1.807) is 6.07 Å². The van der Waals surface area contributed by atoms with Crippen LogP contribution < -0.4 is 20.9 Å². The maximum Gasteiger partial charge on any atom is 0.414 e. The Kier molecular flexibility index (Phi) is 5.68. The zero-order chi connectivity index (χ0) is 19.2. The Labute approximate surface area is 154 Å². The van der Waals surface area contributed by atoms with Gasteiger partial charge in [0.15, 0.2) is 0 Å². The minimum absolute atomic E-state index is 0.0313. The van der Waals surface area contributed by atoms with Crippen LogP contribution in [0.15, 0.2) is 63.8 Å². The number of anilines is 1. The zero-order valence-electron chi connectivity index (χ0n) is 14.5. The van der Waals surface area contributed by atoms with Gasteiger partial charge >= 0.3 is 11.3 Å². The molecule has 1 aliphatic rings. The highest BCUT2D eigenvalue weighted by atomic mass is 16.6. The Morgan fingerprint density at radius 2 is 1.63 bits per heavy atom. The van der Waals surface area contributed by atoms with E-state index in [2.05, 4.69) is 45.0 Å². The average Bonchev–Trinajstić information content (AvgIpc) is 2.70. The van der Waals surface area contributed by atoms with Crippen LogP contribution in [-0.4, -0.2) is 31.1 Å². The van der Waals surface area contributed by atoms with Gasteiger partial charge in [-0.05, 0) is 23.9 Å². The van der Waals surface area contributed by atoms with Crippen molar-refractivity contribution in [1.29, 1.82) is 0 Å². The van der Waals surface area contributed by atoms with Gasteiger partial charge < -0.3 is 19.7 Å². The maximum atomic E-state index is 11.5. The Bertz CT molecular complexity index is 982. The van der Waals surface area contributed by atoms with Gasteiger partial charge in [0.2, 0.25) is 0 Å². The first-order chi connectivity index (χ1) is 13.1. The third-order valence-electron chi connectivity index (χ3n) is 4.25. The summed E-state index contributed by atoms with van der Waals surface area (Å²) >= 11 is 0. The second-order valence-electron chi connectivity index (χ2n) is 6.01. The third-order valence-corrected chi connectivity index (χ3v) is 4.25. The lowest BCUT2D eigenvalue weighted by Gasteiger charge is -2.27. The molecule has 0 atom stereocenters. The standard InChI is InChI=1S/C10H14N2.C9H5NO5/c1-2-4-10(5-3-1)12-8-6-11-7-9-12;11-8-5-3-1-2-4-6(5)15-9(12)7(8)10(13)14/h1-5,11H,6-9H2;1-4,11H. The van der Waals surface area contributed by atoms with Gasteiger partial charge in [-0.25, -0.2) is 4.79 Å². The van der Waals surface area contributed by atoms with E-state index in [1.807, 2.05) is 0 Å². The first-order valence-corrected chi connectivity index (χ1v) is 8.57. The highest BCUT2D eigenvalue weighted by Gasteiger charge is 2.17. The molecule has 0 saturated carbocycles. The van der Waals surface area contributed by atoms with Crippen LogP contribution in [0.2, 0.25) is 0 Å². The van der Waals surface area contributed by atoms with E-state index < -0.39 is 22.0 Å². The lowest BCUT2D eigenvalue weighted by atomic mass is 10.2. The molecule has 1 fully saturated rings. The van der Waals surface area contributed by atoms with Gasteiger partial charge in [0.1, 0.15) is 5.58 Å². The largest absolute Gasteiger partial charge is 0.867 e. The average molecular weight is 369 g/mol. The number of quaternary nitrogens is 1. The van der Waals surface area contributed by atoms with E-state index >= 15 is 0 Å². The number of fused-ring (bicyclic) bond motifs is 1. The molecule has 1 saturated heterocycles. The summed E-state index contributed by atoms with van der Waals surface area (Å²) in [5, 5.41) is 24.3. The number of hydrogen-bond donors (Lipinski definition) is 1. The van der Waals surface area contributed by atoms with Crippen molar-refractivity contribution >= 4 is 22.3 Å². The molecule has 0 aliphatic carbocycles. The highest BCUT2D eigenvalue weighted by molar-refractivity contribution is 5.85. The molecule has 2 heterocycles. The quantitative estimate of drug-likeness (QED) is 0.407. The van der Waals surface area contributed by atoms with Crippen LogP contribution in [0.3, 0.4) is 0 Å². The Hall–Kier alpha value is -3.39. The molecule has 3 aromatic rings. The number of rotatable bonds is 2. The monoisotopic (exact) mass is 369 g/mol. The highest BCUT2D eigenvalue weighted by Crippen LogP contribution is 2.27. The molecule has 8 heteroatoms. The van der Waals surface area contributed by atoms with E-state index in [9.17, 15) is 20.0 Å². The Balaban J connectivity index is 0.000000159. The van der Waals surface area contributed by atoms with Gasteiger partial charge in [-0.15, -0.1) is 0 Å². The summed E-state index contributed by atoms with van der Waals surface area (Å²) < 4.78 is 4.64. The third kappa shape index (κ3) is 4.24. The van der Waals surface area contributed by atoms with Crippen molar-refractivity contribution in [2.75, 3.05) is 31.1 Å². The van der Waals surface area contributed by atoms with Crippen LogP contribution in [0, 0.1) is 10.1 Å². The van der Waals surface area contributed by atoms with Gasteiger partial charge in [0.25, 0.3) is 0 Å². The lowest BCUT2D eigenvalue weighted by molar-refractivity contribution is -0.655.